The number of nitrogens with one attached hydrogen (secondary N) is 1. The van der Waals surface area contributed by atoms with Crippen molar-refractivity contribution in [2.45, 2.75) is 24.7 Å². The van der Waals surface area contributed by atoms with Gasteiger partial charge in [-0.05, 0) is 50.1 Å². The van der Waals surface area contributed by atoms with Gasteiger partial charge in [-0.2, -0.15) is 4.31 Å². The average Bonchev–Trinajstić information content (AvgIpc) is 3.26. The van der Waals surface area contributed by atoms with Gasteiger partial charge >= 0.3 is 0 Å². The maximum atomic E-state index is 12.8. The Morgan fingerprint density at radius 1 is 1.15 bits per heavy atom. The van der Waals surface area contributed by atoms with Crippen molar-refractivity contribution in [3.63, 3.8) is 0 Å². The van der Waals surface area contributed by atoms with E-state index >= 15 is 0 Å². The third-order valence-corrected chi connectivity index (χ3v) is 6.77. The molecule has 8 heteroatoms. The summed E-state index contributed by atoms with van der Waals surface area (Å²) in [6, 6.07) is 8.41. The molecule has 2 heterocycles. The van der Waals surface area contributed by atoms with E-state index in [1.165, 1.54) is 10.4 Å². The fourth-order valence-electron chi connectivity index (χ4n) is 3.09. The quantitative estimate of drug-likeness (QED) is 0.867. The van der Waals surface area contributed by atoms with E-state index in [1.807, 2.05) is 0 Å². The molecule has 2 aromatic rings. The van der Waals surface area contributed by atoms with Gasteiger partial charge in [0.15, 0.2) is 0 Å². The number of hydrogen-bond acceptors (Lipinski definition) is 4. The highest BCUT2D eigenvalue weighted by Crippen LogP contribution is 2.26. The van der Waals surface area contributed by atoms with Gasteiger partial charge in [-0.15, -0.1) is 0 Å². The summed E-state index contributed by atoms with van der Waals surface area (Å²) in [5.74, 6) is 0.334. The van der Waals surface area contributed by atoms with Crippen LogP contribution in [0, 0.1) is 6.92 Å². The molecule has 140 valence electrons. The molecular formula is C18H23N3O4S. The second kappa shape index (κ2) is 7.13. The Labute approximate surface area is 153 Å². The van der Waals surface area contributed by atoms with Crippen molar-refractivity contribution in [2.75, 3.05) is 25.5 Å². The summed E-state index contributed by atoms with van der Waals surface area (Å²) in [6.45, 7) is 2.78. The summed E-state index contributed by atoms with van der Waals surface area (Å²) in [5, 5.41) is 2.79. The number of nitrogens with zero attached hydrogens (tertiary/aromatic N) is 2. The van der Waals surface area contributed by atoms with Crippen LogP contribution in [0.5, 0.6) is 5.75 Å². The van der Waals surface area contributed by atoms with Crippen molar-refractivity contribution in [3.05, 3.63) is 41.7 Å². The Balaban J connectivity index is 1.87. The summed E-state index contributed by atoms with van der Waals surface area (Å²) in [5.41, 5.74) is 1.46. The molecule has 7 nitrogen and oxygen atoms in total. The van der Waals surface area contributed by atoms with Gasteiger partial charge in [0.25, 0.3) is 5.91 Å². The second-order valence-corrected chi connectivity index (χ2v) is 8.24. The van der Waals surface area contributed by atoms with E-state index in [0.717, 1.165) is 12.8 Å². The van der Waals surface area contributed by atoms with E-state index in [1.54, 1.807) is 49.9 Å². The van der Waals surface area contributed by atoms with Gasteiger partial charge in [0, 0.05) is 31.5 Å². The monoisotopic (exact) mass is 377 g/mol. The van der Waals surface area contributed by atoms with E-state index in [2.05, 4.69) is 5.32 Å². The molecule has 1 aromatic heterocycles. The zero-order chi connectivity index (χ0) is 18.9. The lowest BCUT2D eigenvalue weighted by atomic mass is 10.3. The van der Waals surface area contributed by atoms with Gasteiger partial charge in [-0.25, -0.2) is 8.42 Å². The SMILES string of the molecule is COc1ccc(NC(=O)c2cc(S(=O)(=O)N3CCCC3)c(C)n2C)cc1. The lowest BCUT2D eigenvalue weighted by molar-refractivity contribution is 0.101. The van der Waals surface area contributed by atoms with Crippen LogP contribution in [0.15, 0.2) is 35.2 Å². The Morgan fingerprint density at radius 3 is 2.35 bits per heavy atom. The number of aromatic nitrogens is 1. The van der Waals surface area contributed by atoms with E-state index in [-0.39, 0.29) is 10.8 Å². The van der Waals surface area contributed by atoms with Crippen molar-refractivity contribution < 1.29 is 17.9 Å². The number of ether oxygens (including phenoxy) is 1. The lowest BCUT2D eigenvalue weighted by Crippen LogP contribution is -2.28. The van der Waals surface area contributed by atoms with Gasteiger partial charge in [0.05, 0.1) is 7.11 Å². The minimum Gasteiger partial charge on any atom is -0.497 e. The van der Waals surface area contributed by atoms with Gasteiger partial charge in [0.2, 0.25) is 10.0 Å². The third kappa shape index (κ3) is 3.34. The Hall–Kier alpha value is -2.32. The molecule has 1 amide bonds. The van der Waals surface area contributed by atoms with Gasteiger partial charge in [0.1, 0.15) is 16.3 Å². The first-order valence-electron chi connectivity index (χ1n) is 8.46. The number of amides is 1. The van der Waals surface area contributed by atoms with Crippen LogP contribution in [-0.4, -0.2) is 43.4 Å². The topological polar surface area (TPSA) is 80.6 Å². The minimum absolute atomic E-state index is 0.196. The highest BCUT2D eigenvalue weighted by atomic mass is 32.2. The van der Waals surface area contributed by atoms with E-state index < -0.39 is 10.0 Å². The van der Waals surface area contributed by atoms with Crippen LogP contribution in [0.4, 0.5) is 5.69 Å². The molecule has 1 N–H and O–H groups in total. The smallest absolute Gasteiger partial charge is 0.272 e. The Kier molecular flexibility index (Phi) is 5.06. The van der Waals surface area contributed by atoms with Gasteiger partial charge < -0.3 is 14.6 Å². The first-order chi connectivity index (χ1) is 12.3. The molecule has 1 aliphatic rings. The first kappa shape index (κ1) is 18.5. The minimum atomic E-state index is -3.57. The number of carbonyl (C=O) groups is 1. The normalized spacial score (nSPS) is 15.2. The lowest BCUT2D eigenvalue weighted by Gasteiger charge is -2.15. The van der Waals surface area contributed by atoms with Gasteiger partial charge in [-0.1, -0.05) is 0 Å². The molecule has 0 atom stereocenters. The molecule has 1 fully saturated rings. The molecule has 1 aromatic carbocycles. The first-order valence-corrected chi connectivity index (χ1v) is 9.90. The fraction of sp³-hybridized carbons (Fsp3) is 0.389. The van der Waals surface area contributed by atoms with Crippen LogP contribution in [-0.2, 0) is 17.1 Å². The van der Waals surface area contributed by atoms with Crippen LogP contribution in [0.2, 0.25) is 0 Å². The zero-order valence-corrected chi connectivity index (χ0v) is 16.0. The van der Waals surface area contributed by atoms with Gasteiger partial charge in [-0.3, -0.25) is 4.79 Å². The standard InChI is InChI=1S/C18H23N3O4S/c1-13-17(26(23,24)21-10-4-5-11-21)12-16(20(13)2)18(22)19-14-6-8-15(25-3)9-7-14/h6-9,12H,4-5,10-11H2,1-3H3,(H,19,22). The maximum absolute atomic E-state index is 12.8. The molecule has 0 bridgehead atoms. The molecule has 0 aliphatic carbocycles. The maximum Gasteiger partial charge on any atom is 0.272 e. The summed E-state index contributed by atoms with van der Waals surface area (Å²) >= 11 is 0. The largest absolute Gasteiger partial charge is 0.497 e. The molecule has 0 unspecified atom stereocenters. The summed E-state index contributed by atoms with van der Waals surface area (Å²) in [6.07, 6.45) is 1.74. The zero-order valence-electron chi connectivity index (χ0n) is 15.2. The molecule has 3 rings (SSSR count). The third-order valence-electron chi connectivity index (χ3n) is 4.75. The molecule has 1 aliphatic heterocycles. The fourth-order valence-corrected chi connectivity index (χ4v) is 4.88. The summed E-state index contributed by atoms with van der Waals surface area (Å²) < 4.78 is 33.9. The molecule has 1 saturated heterocycles. The molecular weight excluding hydrogens is 354 g/mol. The van der Waals surface area contributed by atoms with Crippen LogP contribution in [0.25, 0.3) is 0 Å². The highest BCUT2D eigenvalue weighted by Gasteiger charge is 2.31. The van der Waals surface area contributed by atoms with E-state index in [4.69, 9.17) is 4.74 Å². The summed E-state index contributed by atoms with van der Waals surface area (Å²) in [7, 11) is -0.303. The van der Waals surface area contributed by atoms with Crippen LogP contribution < -0.4 is 10.1 Å². The van der Waals surface area contributed by atoms with Crippen molar-refractivity contribution >= 4 is 21.6 Å². The average molecular weight is 377 g/mol. The van der Waals surface area contributed by atoms with Crippen LogP contribution in [0.1, 0.15) is 29.0 Å². The number of methoxy groups -OCH3 is 1. The summed E-state index contributed by atoms with van der Waals surface area (Å²) in [4.78, 5) is 12.8. The molecule has 0 saturated carbocycles. The second-order valence-electron chi connectivity index (χ2n) is 6.33. The molecule has 0 spiro atoms. The number of benzene rings is 1. The number of sulfonamides is 1. The highest BCUT2D eigenvalue weighted by molar-refractivity contribution is 7.89. The Morgan fingerprint density at radius 2 is 1.77 bits per heavy atom. The van der Waals surface area contributed by atoms with E-state index in [0.29, 0.717) is 35.9 Å². The van der Waals surface area contributed by atoms with Crippen LogP contribution >= 0.6 is 0 Å². The number of hydrogen-bond donors (Lipinski definition) is 1. The van der Waals surface area contributed by atoms with E-state index in [9.17, 15) is 13.2 Å². The molecule has 26 heavy (non-hydrogen) atoms. The van der Waals surface area contributed by atoms with Crippen molar-refractivity contribution in [2.24, 2.45) is 7.05 Å². The number of carbonyl (C=O) groups excluding carboxylic acids is 1. The number of rotatable bonds is 5. The van der Waals surface area contributed by atoms with Crippen molar-refractivity contribution in [3.8, 4) is 5.75 Å². The van der Waals surface area contributed by atoms with Crippen molar-refractivity contribution in [1.29, 1.82) is 0 Å². The van der Waals surface area contributed by atoms with Crippen molar-refractivity contribution in [1.82, 2.24) is 8.87 Å². The predicted molar refractivity (Wildman–Crippen MR) is 99.1 cm³/mol. The predicted octanol–water partition coefficient (Wildman–Crippen LogP) is 2.38. The van der Waals surface area contributed by atoms with Crippen LogP contribution in [0.3, 0.4) is 0 Å². The Bertz CT molecular complexity index is 911. The molecule has 0 radical (unpaired) electrons. The number of anilines is 1.